The topological polar surface area (TPSA) is 58.6 Å². The summed E-state index contributed by atoms with van der Waals surface area (Å²) in [6, 6.07) is 7.98. The molecule has 0 unspecified atom stereocenters. The fourth-order valence-electron chi connectivity index (χ4n) is 2.32. The SMILES string of the molecule is COc1ccc(SCCC(=O)N[C@H]2CC[C@@H](O)C2)cc1. The van der Waals surface area contributed by atoms with Crippen LogP contribution in [0.15, 0.2) is 29.2 Å². The van der Waals surface area contributed by atoms with E-state index >= 15 is 0 Å². The summed E-state index contributed by atoms with van der Waals surface area (Å²) in [5.74, 6) is 1.67. The highest BCUT2D eigenvalue weighted by Crippen LogP contribution is 2.22. The highest BCUT2D eigenvalue weighted by Gasteiger charge is 2.23. The predicted octanol–water partition coefficient (Wildman–Crippen LogP) is 2.21. The number of amides is 1. The number of aliphatic hydroxyl groups excluding tert-OH is 1. The number of rotatable bonds is 6. The predicted molar refractivity (Wildman–Crippen MR) is 80.1 cm³/mol. The molecule has 0 heterocycles. The normalized spacial score (nSPS) is 21.7. The number of benzene rings is 1. The Bertz CT molecular complexity index is 435. The van der Waals surface area contributed by atoms with Gasteiger partial charge in [-0.25, -0.2) is 0 Å². The number of carbonyl (C=O) groups excluding carboxylic acids is 1. The van der Waals surface area contributed by atoms with Gasteiger partial charge in [0.25, 0.3) is 0 Å². The van der Waals surface area contributed by atoms with Crippen molar-refractivity contribution in [3.8, 4) is 5.75 Å². The Labute approximate surface area is 123 Å². The average Bonchev–Trinajstić information content (AvgIpc) is 2.85. The molecule has 2 N–H and O–H groups in total. The Morgan fingerprint density at radius 2 is 2.15 bits per heavy atom. The molecule has 1 aromatic rings. The summed E-state index contributed by atoms with van der Waals surface area (Å²) in [6.07, 6.45) is 2.64. The van der Waals surface area contributed by atoms with Crippen LogP contribution < -0.4 is 10.1 Å². The van der Waals surface area contributed by atoms with E-state index in [4.69, 9.17) is 4.74 Å². The van der Waals surface area contributed by atoms with Gasteiger partial charge in [0.2, 0.25) is 5.91 Å². The second-order valence-electron chi connectivity index (χ2n) is 5.01. The molecular weight excluding hydrogens is 274 g/mol. The number of aliphatic hydroxyl groups is 1. The molecule has 0 saturated heterocycles. The van der Waals surface area contributed by atoms with E-state index in [-0.39, 0.29) is 18.1 Å². The first-order valence-electron chi connectivity index (χ1n) is 6.91. The number of hydrogen-bond donors (Lipinski definition) is 2. The van der Waals surface area contributed by atoms with Crippen molar-refractivity contribution in [1.29, 1.82) is 0 Å². The van der Waals surface area contributed by atoms with E-state index in [2.05, 4.69) is 5.32 Å². The molecule has 0 aromatic heterocycles. The number of nitrogens with one attached hydrogen (secondary N) is 1. The summed E-state index contributed by atoms with van der Waals surface area (Å²) >= 11 is 1.66. The molecule has 1 fully saturated rings. The van der Waals surface area contributed by atoms with E-state index in [9.17, 15) is 9.90 Å². The molecule has 2 atom stereocenters. The molecular formula is C15H21NO3S. The van der Waals surface area contributed by atoms with Gasteiger partial charge in [-0.1, -0.05) is 0 Å². The second-order valence-corrected chi connectivity index (χ2v) is 6.17. The van der Waals surface area contributed by atoms with Gasteiger partial charge in [0.15, 0.2) is 0 Å². The Balaban J connectivity index is 1.65. The molecule has 110 valence electrons. The van der Waals surface area contributed by atoms with E-state index in [0.29, 0.717) is 12.8 Å². The maximum atomic E-state index is 11.8. The number of hydrogen-bond acceptors (Lipinski definition) is 4. The van der Waals surface area contributed by atoms with E-state index in [1.807, 2.05) is 24.3 Å². The summed E-state index contributed by atoms with van der Waals surface area (Å²) in [6.45, 7) is 0. The molecule has 0 radical (unpaired) electrons. The van der Waals surface area contributed by atoms with Crippen molar-refractivity contribution in [3.63, 3.8) is 0 Å². The molecule has 1 aromatic carbocycles. The molecule has 5 heteroatoms. The fraction of sp³-hybridized carbons (Fsp3) is 0.533. The minimum atomic E-state index is -0.242. The minimum absolute atomic E-state index is 0.0742. The van der Waals surface area contributed by atoms with Crippen LogP contribution >= 0.6 is 11.8 Å². The van der Waals surface area contributed by atoms with Crippen molar-refractivity contribution in [2.24, 2.45) is 0 Å². The first-order chi connectivity index (χ1) is 9.67. The van der Waals surface area contributed by atoms with E-state index in [0.717, 1.165) is 29.2 Å². The molecule has 1 aliphatic rings. The standard InChI is InChI=1S/C15H21NO3S/c1-19-13-4-6-14(7-5-13)20-9-8-15(18)16-11-2-3-12(17)10-11/h4-7,11-12,17H,2-3,8-10H2,1H3,(H,16,18)/t11-,12+/m0/s1. The van der Waals surface area contributed by atoms with E-state index < -0.39 is 0 Å². The molecule has 1 saturated carbocycles. The first kappa shape index (κ1) is 15.2. The zero-order valence-electron chi connectivity index (χ0n) is 11.7. The molecule has 0 bridgehead atoms. The van der Waals surface area contributed by atoms with Crippen LogP contribution in [0.5, 0.6) is 5.75 Å². The van der Waals surface area contributed by atoms with Crippen LogP contribution in [-0.2, 0) is 4.79 Å². The highest BCUT2D eigenvalue weighted by molar-refractivity contribution is 7.99. The second kappa shape index (κ2) is 7.55. The monoisotopic (exact) mass is 295 g/mol. The van der Waals surface area contributed by atoms with Crippen LogP contribution in [0, 0.1) is 0 Å². The third kappa shape index (κ3) is 4.72. The van der Waals surface area contributed by atoms with Crippen LogP contribution in [0.25, 0.3) is 0 Å². The van der Waals surface area contributed by atoms with Crippen LogP contribution in [0.4, 0.5) is 0 Å². The molecule has 1 amide bonds. The third-order valence-electron chi connectivity index (χ3n) is 3.43. The number of carbonyl (C=O) groups is 1. The molecule has 2 rings (SSSR count). The summed E-state index contributed by atoms with van der Waals surface area (Å²) in [7, 11) is 1.65. The quantitative estimate of drug-likeness (QED) is 0.790. The average molecular weight is 295 g/mol. The van der Waals surface area contributed by atoms with Crippen molar-refractivity contribution >= 4 is 17.7 Å². The molecule has 4 nitrogen and oxygen atoms in total. The van der Waals surface area contributed by atoms with Gasteiger partial charge in [0.1, 0.15) is 5.75 Å². The summed E-state index contributed by atoms with van der Waals surface area (Å²) in [5, 5.41) is 12.4. The number of thioether (sulfide) groups is 1. The van der Waals surface area contributed by atoms with Gasteiger partial charge in [0.05, 0.1) is 13.2 Å². The third-order valence-corrected chi connectivity index (χ3v) is 4.44. The number of ether oxygens (including phenoxy) is 1. The fourth-order valence-corrected chi connectivity index (χ4v) is 3.17. The lowest BCUT2D eigenvalue weighted by molar-refractivity contribution is -0.121. The lowest BCUT2D eigenvalue weighted by atomic mass is 10.2. The Hall–Kier alpha value is -1.20. The van der Waals surface area contributed by atoms with Gasteiger partial charge < -0.3 is 15.2 Å². The van der Waals surface area contributed by atoms with Crippen molar-refractivity contribution < 1.29 is 14.6 Å². The summed E-state index contributed by atoms with van der Waals surface area (Å²) < 4.78 is 5.10. The van der Waals surface area contributed by atoms with Gasteiger partial charge in [-0.05, 0) is 43.5 Å². The van der Waals surface area contributed by atoms with Gasteiger partial charge >= 0.3 is 0 Å². The van der Waals surface area contributed by atoms with Crippen molar-refractivity contribution in [3.05, 3.63) is 24.3 Å². The van der Waals surface area contributed by atoms with E-state index in [1.165, 1.54) is 0 Å². The van der Waals surface area contributed by atoms with Gasteiger partial charge in [-0.15, -0.1) is 11.8 Å². The van der Waals surface area contributed by atoms with Crippen molar-refractivity contribution in [1.82, 2.24) is 5.32 Å². The lowest BCUT2D eigenvalue weighted by Crippen LogP contribution is -2.33. The zero-order chi connectivity index (χ0) is 14.4. The van der Waals surface area contributed by atoms with Crippen LogP contribution in [0.2, 0.25) is 0 Å². The Kier molecular flexibility index (Phi) is 5.73. The van der Waals surface area contributed by atoms with E-state index in [1.54, 1.807) is 18.9 Å². The van der Waals surface area contributed by atoms with Crippen LogP contribution in [0.3, 0.4) is 0 Å². The summed E-state index contributed by atoms with van der Waals surface area (Å²) in [5.41, 5.74) is 0. The van der Waals surface area contributed by atoms with Crippen LogP contribution in [0.1, 0.15) is 25.7 Å². The Morgan fingerprint density at radius 3 is 2.75 bits per heavy atom. The molecule has 0 aliphatic heterocycles. The number of methoxy groups -OCH3 is 1. The largest absolute Gasteiger partial charge is 0.497 e. The molecule has 20 heavy (non-hydrogen) atoms. The molecule has 1 aliphatic carbocycles. The zero-order valence-corrected chi connectivity index (χ0v) is 12.5. The van der Waals surface area contributed by atoms with Crippen LogP contribution in [-0.4, -0.2) is 36.0 Å². The van der Waals surface area contributed by atoms with Crippen molar-refractivity contribution in [2.45, 2.75) is 42.7 Å². The van der Waals surface area contributed by atoms with Gasteiger partial charge in [-0.2, -0.15) is 0 Å². The molecule has 0 spiro atoms. The first-order valence-corrected chi connectivity index (χ1v) is 7.90. The maximum Gasteiger partial charge on any atom is 0.221 e. The smallest absolute Gasteiger partial charge is 0.221 e. The van der Waals surface area contributed by atoms with Gasteiger partial charge in [0, 0.05) is 23.1 Å². The van der Waals surface area contributed by atoms with Gasteiger partial charge in [-0.3, -0.25) is 4.79 Å². The van der Waals surface area contributed by atoms with Crippen molar-refractivity contribution in [2.75, 3.05) is 12.9 Å². The summed E-state index contributed by atoms with van der Waals surface area (Å²) in [4.78, 5) is 12.9. The lowest BCUT2D eigenvalue weighted by Gasteiger charge is -2.11. The Morgan fingerprint density at radius 1 is 1.40 bits per heavy atom. The minimum Gasteiger partial charge on any atom is -0.497 e. The highest BCUT2D eigenvalue weighted by atomic mass is 32.2. The maximum absolute atomic E-state index is 11.8.